The Bertz CT molecular complexity index is 2710. The topological polar surface area (TPSA) is 761 Å². The Balaban J connectivity index is 0.999. The summed E-state index contributed by atoms with van der Waals surface area (Å²) in [5, 5.41) is 302. The molecular weight excluding hydrogens is 1460 g/mol. The third kappa shape index (κ3) is 18.5. The maximum atomic E-state index is 12.8. The highest BCUT2D eigenvalue weighted by Crippen LogP contribution is 2.40. The molecule has 0 spiro atoms. The number of carbonyl (C=O) groups excluding carboxylic acids is 2. The van der Waals surface area contributed by atoms with E-state index in [2.05, 4.69) is 10.6 Å². The van der Waals surface area contributed by atoms with Crippen molar-refractivity contribution in [3.8, 4) is 0 Å². The van der Waals surface area contributed by atoms with E-state index in [9.17, 15) is 147 Å². The lowest BCUT2D eigenvalue weighted by molar-refractivity contribution is -0.412. The molecule has 45 atom stereocenters. The molecule has 616 valence electrons. The third-order valence-electron chi connectivity index (χ3n) is 19.6. The number of hydrogen-bond donors (Lipinski definition) is 29. The van der Waals surface area contributed by atoms with Crippen molar-refractivity contribution in [1.82, 2.24) is 10.6 Å². The monoisotopic (exact) mass is 1560 g/mol. The van der Waals surface area contributed by atoms with Crippen LogP contribution >= 0.6 is 0 Å². The normalized spacial score (nSPS) is 51.2. The number of amides is 2. The standard InChI is InChI=1S/C58H98N2O46/c1-12(69)59-23-32(78)43(20(9-67)91-50(23)89)100-51-24(60-13(2)70)33(79)44(21(10-68)98-51)101-56-42(88)47(31(77)22(99-56)11-90-52-38(84)34(80)25(71)14(3-61)92-52)104-57-49(37(83)28(74)16(5-63)96-57)106-58-48(36(82)27(73)17(6-64)97-58)105-55-41(87)46(30(76)19(8-66)95-55)103-54-40(86)45(29(75)18(7-65)94-54)102-53-39(85)35(81)26(72)15(4-62)93-53/h14-58,61-68,71-89H,3-11H2,1-2H3,(H,59,69)(H,60,70)/t14-,15-,16-,17-,18-,19-,20-,21-,22-,23-,24-,25-,26+,27-,28-,29+,30-,31-,32-,33-,34+,35+,36+,37+,38+,39-,40-,41+,42+,43-,44-,45+,46+,47+,48+,49+,50-,51+,52+,53+,54+,55-,56-,57-,58-/m1/s1. The molecule has 9 saturated heterocycles. The highest BCUT2D eigenvalue weighted by molar-refractivity contribution is 5.73. The first kappa shape index (κ1) is 87.2. The fourth-order valence-electron chi connectivity index (χ4n) is 13.6. The SMILES string of the molecule is CC(=O)N[C@@H]1[C@@H](O)[C@H](O[C@@H]2O[C@H](CO)[C@@H](O[C@H]3O[C@H](CO[C@H]4O[C@H](CO)[C@@H](O)[C@H](O)[C@@H]4O)[C@@H](O)[C@H](O[C@H]4O[C@H](CO)[C@@H](O)[C@H](O)[C@@H]4O[C@H]4O[C@H](CO)[C@@H](O)[C@H](O)[C@@H]4O[C@H]4O[C@H](CO)[C@@H](O)[C@H](O[C@@H]5O[C@H](CO)[C@H](O)[C@H](O[C@@H]6O[C@H](CO)[C@H](O)[C@H](O)[C@H]6O)[C@H]5O)[C@@H]4O)[C@@H]3O)[C@H](O)[C@H]2NC(C)=O)[C@@H](CO)O[C@H]1O. The summed E-state index contributed by atoms with van der Waals surface area (Å²) >= 11 is 0. The van der Waals surface area contributed by atoms with E-state index < -0.39 is 348 Å². The second kappa shape index (κ2) is 37.9. The van der Waals surface area contributed by atoms with Crippen LogP contribution in [0.25, 0.3) is 0 Å². The van der Waals surface area contributed by atoms with Gasteiger partial charge in [-0.2, -0.15) is 0 Å². The van der Waals surface area contributed by atoms with Crippen LogP contribution in [-0.4, -0.2) is 485 Å². The molecule has 0 unspecified atom stereocenters. The van der Waals surface area contributed by atoms with Crippen molar-refractivity contribution in [2.24, 2.45) is 0 Å². The molecule has 9 fully saturated rings. The van der Waals surface area contributed by atoms with Gasteiger partial charge in [0.05, 0.1) is 59.5 Å². The summed E-state index contributed by atoms with van der Waals surface area (Å²) in [6, 6.07) is -3.50. The van der Waals surface area contributed by atoms with Crippen LogP contribution in [0.2, 0.25) is 0 Å². The Morgan fingerprint density at radius 2 is 0.509 bits per heavy atom. The van der Waals surface area contributed by atoms with Crippen LogP contribution in [-0.2, 0) is 90.1 Å². The summed E-state index contributed by atoms with van der Waals surface area (Å²) in [6.07, 6.45) is -90.9. The van der Waals surface area contributed by atoms with Gasteiger partial charge in [-0.3, -0.25) is 9.59 Å². The predicted molar refractivity (Wildman–Crippen MR) is 320 cm³/mol. The average molecular weight is 1560 g/mol. The molecular formula is C58H98N2O46. The molecule has 48 nitrogen and oxygen atoms in total. The van der Waals surface area contributed by atoms with Gasteiger partial charge in [-0.25, -0.2) is 0 Å². The summed E-state index contributed by atoms with van der Waals surface area (Å²) in [5.41, 5.74) is 0. The molecule has 48 heteroatoms. The van der Waals surface area contributed by atoms with Crippen molar-refractivity contribution in [1.29, 1.82) is 0 Å². The van der Waals surface area contributed by atoms with E-state index in [1.165, 1.54) is 0 Å². The third-order valence-corrected chi connectivity index (χ3v) is 19.6. The van der Waals surface area contributed by atoms with E-state index in [-0.39, 0.29) is 0 Å². The van der Waals surface area contributed by atoms with Gasteiger partial charge in [0.1, 0.15) is 220 Å². The molecule has 9 heterocycles. The van der Waals surface area contributed by atoms with Crippen molar-refractivity contribution in [3.05, 3.63) is 0 Å². The van der Waals surface area contributed by atoms with Crippen LogP contribution in [0.15, 0.2) is 0 Å². The Morgan fingerprint density at radius 1 is 0.245 bits per heavy atom. The van der Waals surface area contributed by atoms with Crippen LogP contribution < -0.4 is 10.6 Å². The van der Waals surface area contributed by atoms with Crippen LogP contribution in [0.4, 0.5) is 0 Å². The number of rotatable bonds is 27. The van der Waals surface area contributed by atoms with Crippen molar-refractivity contribution in [2.75, 3.05) is 59.5 Å². The Morgan fingerprint density at radius 3 is 0.915 bits per heavy atom. The smallest absolute Gasteiger partial charge is 0.217 e. The van der Waals surface area contributed by atoms with Gasteiger partial charge in [0.25, 0.3) is 0 Å². The predicted octanol–water partition coefficient (Wildman–Crippen LogP) is -20.3. The second-order valence-electron chi connectivity index (χ2n) is 26.7. The molecule has 0 bridgehead atoms. The first-order valence-electron chi connectivity index (χ1n) is 33.7. The van der Waals surface area contributed by atoms with Crippen LogP contribution in [0.1, 0.15) is 13.8 Å². The fraction of sp³-hybridized carbons (Fsp3) is 0.966. The van der Waals surface area contributed by atoms with E-state index in [1.807, 2.05) is 0 Å². The van der Waals surface area contributed by atoms with Gasteiger partial charge in [0.15, 0.2) is 56.6 Å². The van der Waals surface area contributed by atoms with E-state index in [0.717, 1.165) is 13.8 Å². The lowest BCUT2D eigenvalue weighted by atomic mass is 9.94. The van der Waals surface area contributed by atoms with E-state index >= 15 is 0 Å². The molecule has 9 rings (SSSR count). The zero-order valence-electron chi connectivity index (χ0n) is 56.2. The molecule has 0 radical (unpaired) electrons. The lowest BCUT2D eigenvalue weighted by Gasteiger charge is -2.51. The average Bonchev–Trinajstić information content (AvgIpc) is 0.768. The van der Waals surface area contributed by atoms with Crippen molar-refractivity contribution in [2.45, 2.75) is 290 Å². The maximum absolute atomic E-state index is 12.8. The van der Waals surface area contributed by atoms with Gasteiger partial charge in [-0.05, 0) is 0 Å². The van der Waals surface area contributed by atoms with Gasteiger partial charge in [-0.1, -0.05) is 0 Å². The van der Waals surface area contributed by atoms with Crippen LogP contribution in [0.5, 0.6) is 0 Å². The van der Waals surface area contributed by atoms with Crippen molar-refractivity contribution in [3.63, 3.8) is 0 Å². The summed E-state index contributed by atoms with van der Waals surface area (Å²) in [4.78, 5) is 24.9. The molecule has 106 heavy (non-hydrogen) atoms. The van der Waals surface area contributed by atoms with E-state index in [1.54, 1.807) is 0 Å². The second-order valence-corrected chi connectivity index (χ2v) is 26.7. The molecule has 0 aromatic carbocycles. The molecule has 29 N–H and O–H groups in total. The maximum Gasteiger partial charge on any atom is 0.217 e. The summed E-state index contributed by atoms with van der Waals surface area (Å²) in [7, 11) is 0. The van der Waals surface area contributed by atoms with Gasteiger partial charge >= 0.3 is 0 Å². The molecule has 0 aliphatic carbocycles. The fourth-order valence-corrected chi connectivity index (χ4v) is 13.6. The van der Waals surface area contributed by atoms with E-state index in [4.69, 9.17) is 80.5 Å². The molecule has 0 aromatic heterocycles. The minimum absolute atomic E-state index is 0.772. The van der Waals surface area contributed by atoms with Gasteiger partial charge in [-0.15, -0.1) is 0 Å². The number of ether oxygens (including phenoxy) is 17. The number of aliphatic hydroxyl groups is 27. The number of hydrogen-bond acceptors (Lipinski definition) is 46. The lowest BCUT2D eigenvalue weighted by Crippen LogP contribution is -2.70. The van der Waals surface area contributed by atoms with Crippen LogP contribution in [0, 0.1) is 0 Å². The Labute approximate surface area is 598 Å². The van der Waals surface area contributed by atoms with Crippen LogP contribution in [0.3, 0.4) is 0 Å². The number of aliphatic hydroxyl groups excluding tert-OH is 27. The summed E-state index contributed by atoms with van der Waals surface area (Å²) in [6.45, 7) is -7.75. The van der Waals surface area contributed by atoms with Gasteiger partial charge in [0.2, 0.25) is 11.8 Å². The minimum atomic E-state index is -2.52. The zero-order valence-corrected chi connectivity index (χ0v) is 56.2. The first-order chi connectivity index (χ1) is 50.2. The highest BCUT2D eigenvalue weighted by atomic mass is 16.8. The molecule has 0 aromatic rings. The van der Waals surface area contributed by atoms with E-state index in [0.29, 0.717) is 0 Å². The largest absolute Gasteiger partial charge is 0.394 e. The first-order valence-corrected chi connectivity index (χ1v) is 33.7. The quantitative estimate of drug-likeness (QED) is 0.0363. The molecule has 2 amide bonds. The number of nitrogens with one attached hydrogen (secondary N) is 2. The molecule has 0 saturated carbocycles. The van der Waals surface area contributed by atoms with Crippen molar-refractivity contribution >= 4 is 11.8 Å². The Kier molecular flexibility index (Phi) is 31.1. The van der Waals surface area contributed by atoms with Crippen molar-refractivity contribution < 1.29 is 228 Å². The summed E-state index contributed by atoms with van der Waals surface area (Å²) in [5.74, 6) is -1.69. The zero-order chi connectivity index (χ0) is 77.9. The van der Waals surface area contributed by atoms with Gasteiger partial charge in [0, 0.05) is 13.8 Å². The summed E-state index contributed by atoms with van der Waals surface area (Å²) < 4.78 is 98.5. The number of carbonyl (C=O) groups is 2. The molecule has 9 aliphatic heterocycles. The van der Waals surface area contributed by atoms with Gasteiger partial charge < -0.3 is 229 Å². The highest BCUT2D eigenvalue weighted by Gasteiger charge is 2.61. The minimum Gasteiger partial charge on any atom is -0.394 e. The molecule has 9 aliphatic rings. The Hall–Kier alpha value is -2.82.